The Kier molecular flexibility index (Phi) is 4.51. The van der Waals surface area contributed by atoms with E-state index in [1.165, 1.54) is 11.1 Å². The van der Waals surface area contributed by atoms with Crippen LogP contribution in [0.1, 0.15) is 66.8 Å². The van der Waals surface area contributed by atoms with E-state index >= 15 is 0 Å². The Morgan fingerprint density at radius 2 is 1.75 bits per heavy atom. The van der Waals surface area contributed by atoms with Gasteiger partial charge in [0.25, 0.3) is 5.91 Å². The normalized spacial score (nSPS) is 14.7. The number of benzene rings is 1. The lowest BCUT2D eigenvalue weighted by molar-refractivity contribution is 0.0961. The average molecular weight is 324 g/mol. The molecule has 3 rings (SSSR count). The summed E-state index contributed by atoms with van der Waals surface area (Å²) in [6.45, 7) is 9.22. The molecular formula is C19H24N4O. The van der Waals surface area contributed by atoms with Crippen LogP contribution < -0.4 is 10.6 Å². The Balaban J connectivity index is 1.84. The Morgan fingerprint density at radius 3 is 2.38 bits per heavy atom. The molecule has 5 nitrogen and oxygen atoms in total. The zero-order chi connectivity index (χ0) is 17.3. The van der Waals surface area contributed by atoms with Crippen LogP contribution in [0.2, 0.25) is 0 Å². The lowest BCUT2D eigenvalue weighted by Crippen LogP contribution is -2.19. The van der Waals surface area contributed by atoms with Crippen LogP contribution in [0, 0.1) is 5.92 Å². The molecule has 1 atom stereocenters. The number of hydrogen-bond donors (Lipinski definition) is 2. The van der Waals surface area contributed by atoms with Gasteiger partial charge in [0.1, 0.15) is 5.69 Å². The molecule has 0 radical (unpaired) electrons. The van der Waals surface area contributed by atoms with Gasteiger partial charge in [-0.1, -0.05) is 52.0 Å². The Labute approximate surface area is 142 Å². The largest absolute Gasteiger partial charge is 0.347 e. The summed E-state index contributed by atoms with van der Waals surface area (Å²) < 4.78 is 0. The van der Waals surface area contributed by atoms with E-state index in [1.54, 1.807) is 6.20 Å². The molecule has 1 aliphatic rings. The molecule has 0 fully saturated rings. The van der Waals surface area contributed by atoms with Crippen LogP contribution in [-0.4, -0.2) is 15.9 Å². The molecule has 0 saturated carbocycles. The Hall–Kier alpha value is -2.43. The van der Waals surface area contributed by atoms with Gasteiger partial charge in [0, 0.05) is 18.3 Å². The molecule has 1 amide bonds. The minimum atomic E-state index is -0.127. The molecule has 126 valence electrons. The van der Waals surface area contributed by atoms with E-state index in [4.69, 9.17) is 0 Å². The fourth-order valence-corrected chi connectivity index (χ4v) is 2.92. The summed E-state index contributed by atoms with van der Waals surface area (Å²) in [6, 6.07) is 8.76. The second kappa shape index (κ2) is 6.59. The quantitative estimate of drug-likeness (QED) is 0.881. The number of aromatic nitrogens is 2. The maximum Gasteiger partial charge on any atom is 0.270 e. The van der Waals surface area contributed by atoms with Crippen molar-refractivity contribution < 1.29 is 4.79 Å². The van der Waals surface area contributed by atoms with E-state index in [9.17, 15) is 4.79 Å². The van der Waals surface area contributed by atoms with Gasteiger partial charge in [-0.3, -0.25) is 4.79 Å². The molecule has 1 aromatic heterocycles. The van der Waals surface area contributed by atoms with Crippen LogP contribution in [0.3, 0.4) is 0 Å². The number of anilines is 1. The van der Waals surface area contributed by atoms with E-state index in [-0.39, 0.29) is 11.9 Å². The number of rotatable bonds is 5. The number of fused-ring (bicyclic) bond motifs is 1. The van der Waals surface area contributed by atoms with Crippen molar-refractivity contribution in [3.63, 3.8) is 0 Å². The van der Waals surface area contributed by atoms with Crippen molar-refractivity contribution in [1.29, 1.82) is 0 Å². The highest BCUT2D eigenvalue weighted by Crippen LogP contribution is 2.27. The van der Waals surface area contributed by atoms with E-state index in [2.05, 4.69) is 72.6 Å². The van der Waals surface area contributed by atoms with Crippen molar-refractivity contribution in [3.8, 4) is 0 Å². The highest BCUT2D eigenvalue weighted by Gasteiger charge is 2.23. The smallest absolute Gasteiger partial charge is 0.270 e. The number of hydrogen-bond acceptors (Lipinski definition) is 4. The first-order valence-electron chi connectivity index (χ1n) is 8.46. The molecule has 0 bridgehead atoms. The van der Waals surface area contributed by atoms with Gasteiger partial charge in [-0.2, -0.15) is 0 Å². The SMILES string of the molecule is CC(C)c1ccc(C(Nc2ncc3c(n2)C(=O)NC3)C(C)C)cc1. The van der Waals surface area contributed by atoms with Crippen LogP contribution in [0.15, 0.2) is 30.5 Å². The molecule has 2 heterocycles. The van der Waals surface area contributed by atoms with Crippen LogP contribution in [-0.2, 0) is 6.54 Å². The highest BCUT2D eigenvalue weighted by atomic mass is 16.2. The monoisotopic (exact) mass is 324 g/mol. The minimum Gasteiger partial charge on any atom is -0.347 e. The molecule has 1 aromatic carbocycles. The lowest BCUT2D eigenvalue weighted by Gasteiger charge is -2.23. The number of carbonyl (C=O) groups is 1. The number of nitrogens with zero attached hydrogens (tertiary/aromatic N) is 2. The van der Waals surface area contributed by atoms with Gasteiger partial charge in [0.15, 0.2) is 0 Å². The topological polar surface area (TPSA) is 66.9 Å². The third-order valence-electron chi connectivity index (χ3n) is 4.43. The predicted molar refractivity (Wildman–Crippen MR) is 94.9 cm³/mol. The summed E-state index contributed by atoms with van der Waals surface area (Å²) in [6.07, 6.45) is 1.72. The van der Waals surface area contributed by atoms with E-state index in [0.717, 1.165) is 5.56 Å². The van der Waals surface area contributed by atoms with Crippen molar-refractivity contribution in [2.75, 3.05) is 5.32 Å². The maximum atomic E-state index is 11.8. The number of nitrogens with one attached hydrogen (secondary N) is 2. The molecule has 0 spiro atoms. The first-order valence-corrected chi connectivity index (χ1v) is 8.46. The highest BCUT2D eigenvalue weighted by molar-refractivity contribution is 5.96. The first-order chi connectivity index (χ1) is 11.5. The maximum absolute atomic E-state index is 11.8. The zero-order valence-corrected chi connectivity index (χ0v) is 14.6. The fourth-order valence-electron chi connectivity index (χ4n) is 2.92. The van der Waals surface area contributed by atoms with E-state index < -0.39 is 0 Å². The van der Waals surface area contributed by atoms with E-state index in [0.29, 0.717) is 30.0 Å². The van der Waals surface area contributed by atoms with Crippen LogP contribution in [0.25, 0.3) is 0 Å². The van der Waals surface area contributed by atoms with Crippen molar-refractivity contribution in [2.24, 2.45) is 5.92 Å². The van der Waals surface area contributed by atoms with Gasteiger partial charge >= 0.3 is 0 Å². The zero-order valence-electron chi connectivity index (χ0n) is 14.6. The van der Waals surface area contributed by atoms with Gasteiger partial charge in [-0.25, -0.2) is 9.97 Å². The molecule has 1 aliphatic heterocycles. The average Bonchev–Trinajstić information content (AvgIpc) is 2.93. The van der Waals surface area contributed by atoms with E-state index in [1.807, 2.05) is 0 Å². The molecular weight excluding hydrogens is 300 g/mol. The summed E-state index contributed by atoms with van der Waals surface area (Å²) in [5, 5.41) is 6.16. The molecule has 0 saturated heterocycles. The third-order valence-corrected chi connectivity index (χ3v) is 4.43. The number of amides is 1. The second-order valence-electron chi connectivity index (χ2n) is 6.94. The number of carbonyl (C=O) groups excluding carboxylic acids is 1. The van der Waals surface area contributed by atoms with Gasteiger partial charge in [-0.15, -0.1) is 0 Å². The molecule has 2 N–H and O–H groups in total. The molecule has 5 heteroatoms. The Morgan fingerprint density at radius 1 is 1.08 bits per heavy atom. The van der Waals surface area contributed by atoms with Gasteiger partial charge < -0.3 is 10.6 Å². The summed E-state index contributed by atoms with van der Waals surface area (Å²) >= 11 is 0. The predicted octanol–water partition coefficient (Wildman–Crippen LogP) is 3.65. The van der Waals surface area contributed by atoms with Crippen LogP contribution >= 0.6 is 0 Å². The summed E-state index contributed by atoms with van der Waals surface area (Å²) in [4.78, 5) is 20.5. The molecule has 1 unspecified atom stereocenters. The lowest BCUT2D eigenvalue weighted by atomic mass is 9.93. The van der Waals surface area contributed by atoms with Gasteiger partial charge in [0.2, 0.25) is 5.95 Å². The van der Waals surface area contributed by atoms with Crippen molar-refractivity contribution in [1.82, 2.24) is 15.3 Å². The summed E-state index contributed by atoms with van der Waals surface area (Å²) in [5.41, 5.74) is 3.85. The fraction of sp³-hybridized carbons (Fsp3) is 0.421. The standard InChI is InChI=1S/C19H24N4O/c1-11(2)13-5-7-14(8-6-13)16(12(3)4)22-19-21-10-15-9-20-18(24)17(15)23-19/h5-8,10-12,16H,9H2,1-4H3,(H,20,24)(H,21,22,23). The first kappa shape index (κ1) is 16.4. The third kappa shape index (κ3) is 3.25. The molecule has 0 aliphatic carbocycles. The van der Waals surface area contributed by atoms with Crippen LogP contribution in [0.5, 0.6) is 0 Å². The molecule has 2 aromatic rings. The summed E-state index contributed by atoms with van der Waals surface area (Å²) in [7, 11) is 0. The van der Waals surface area contributed by atoms with Crippen molar-refractivity contribution in [2.45, 2.75) is 46.2 Å². The Bertz CT molecular complexity index is 738. The second-order valence-corrected chi connectivity index (χ2v) is 6.94. The van der Waals surface area contributed by atoms with Crippen molar-refractivity contribution in [3.05, 3.63) is 52.8 Å². The van der Waals surface area contributed by atoms with Crippen molar-refractivity contribution >= 4 is 11.9 Å². The van der Waals surface area contributed by atoms with Gasteiger partial charge in [-0.05, 0) is 23.0 Å². The van der Waals surface area contributed by atoms with Crippen LogP contribution in [0.4, 0.5) is 5.95 Å². The van der Waals surface area contributed by atoms with Gasteiger partial charge in [0.05, 0.1) is 6.04 Å². The molecule has 24 heavy (non-hydrogen) atoms. The minimum absolute atomic E-state index is 0.0914. The summed E-state index contributed by atoms with van der Waals surface area (Å²) in [5.74, 6) is 1.25.